The summed E-state index contributed by atoms with van der Waals surface area (Å²) in [4.78, 5) is 68.5. The van der Waals surface area contributed by atoms with Gasteiger partial charge in [0.1, 0.15) is 34.5 Å². The average Bonchev–Trinajstić information content (AvgIpc) is 4.37. The number of anilines is 7. The number of nitrogen functional groups attached to an aromatic ring is 1. The Labute approximate surface area is 470 Å². The topological polar surface area (TPSA) is 315 Å². The number of nitrogens with two attached hydrogens (primary N) is 1. The summed E-state index contributed by atoms with van der Waals surface area (Å²) in [5.41, 5.74) is 9.79. The number of hydrogen-bond acceptors (Lipinski definition) is 21. The monoisotopic (exact) mass is 1120 g/mol. The lowest BCUT2D eigenvalue weighted by atomic mass is 10.2. The Balaban J connectivity index is 0.000000261. The van der Waals surface area contributed by atoms with Crippen molar-refractivity contribution in [1.29, 1.82) is 0 Å². The number of aromatic nitrogens is 10. The van der Waals surface area contributed by atoms with Gasteiger partial charge in [0.15, 0.2) is 11.5 Å². The Morgan fingerprint density at radius 1 is 0.580 bits per heavy atom. The largest absolute Gasteiger partial charge is 0.494 e. The number of alkyl carbamates (subject to hydrolysis) is 2. The van der Waals surface area contributed by atoms with E-state index in [4.69, 9.17) is 34.2 Å². The number of amides is 2. The zero-order valence-electron chi connectivity index (χ0n) is 47.2. The first-order valence-electron chi connectivity index (χ1n) is 26.7. The van der Waals surface area contributed by atoms with E-state index >= 15 is 0 Å². The molecule has 0 saturated heterocycles. The molecule has 5 aromatic heterocycles. The van der Waals surface area contributed by atoms with E-state index < -0.39 is 23.4 Å². The summed E-state index contributed by atoms with van der Waals surface area (Å²) in [5.74, 6) is 2.16. The van der Waals surface area contributed by atoms with Gasteiger partial charge in [0, 0.05) is 62.8 Å². The lowest BCUT2D eigenvalue weighted by molar-refractivity contribution is -0.144. The first-order chi connectivity index (χ1) is 38.8. The van der Waals surface area contributed by atoms with E-state index in [1.165, 1.54) is 6.20 Å². The zero-order chi connectivity index (χ0) is 58.2. The van der Waals surface area contributed by atoms with Crippen LogP contribution in [0.2, 0.25) is 0 Å². The summed E-state index contributed by atoms with van der Waals surface area (Å²) in [6.07, 6.45) is 14.2. The highest BCUT2D eigenvalue weighted by Crippen LogP contribution is 2.26. The van der Waals surface area contributed by atoms with Gasteiger partial charge in [-0.15, -0.1) is 0 Å². The van der Waals surface area contributed by atoms with E-state index in [0.717, 1.165) is 17.1 Å². The number of benzene rings is 2. The predicted octanol–water partition coefficient (Wildman–Crippen LogP) is 8.77. The first-order valence-corrected chi connectivity index (χ1v) is 26.7. The molecular weight excluding hydrogens is 1040 g/mol. The number of ether oxygens (including phenoxy) is 6. The molecule has 0 aliphatic rings. The Kier molecular flexibility index (Phi) is 22.8. The smallest absolute Gasteiger partial charge is 0.407 e. The molecule has 81 heavy (non-hydrogen) atoms. The second kappa shape index (κ2) is 30.2. The normalized spacial score (nSPS) is 11.2. The standard InChI is InChI=1S/C28H36N8O5.C27H38N8O5/c1-5-39-24(37)8-6-15-40-22-11-9-21(10-12-22)36-19-31-23-17-30-26(34-25(23)36)33-20-16-32-35(18-20)14-7-13-29-27(38)41-28(2,3)4;1-5-38-23(36)8-6-15-39-21-11-9-19(10-12-21)32-24-22(28)17-30-25(34-24)33-20-16-31-35(18-20)14-7-13-29-26(37)40-27(2,3)4/h9-12,16-19H,5-8,13-15H2,1-4H3,(H,29,38)(H,30,33,34);9-12,16-18H,5-8,13-15,28H2,1-4H3,(H,29,37)(H2,30,32,33,34). The van der Waals surface area contributed by atoms with Crippen LogP contribution in [-0.4, -0.2) is 124 Å². The summed E-state index contributed by atoms with van der Waals surface area (Å²) in [6, 6.07) is 14.9. The van der Waals surface area contributed by atoms with E-state index in [2.05, 4.69) is 61.7 Å². The van der Waals surface area contributed by atoms with Crippen molar-refractivity contribution in [1.82, 2.24) is 59.7 Å². The quantitative estimate of drug-likeness (QED) is 0.0159. The number of esters is 2. The number of carbonyl (C=O) groups excluding carboxylic acids is 4. The van der Waals surface area contributed by atoms with E-state index in [0.29, 0.717) is 143 Å². The molecule has 0 atom stereocenters. The van der Waals surface area contributed by atoms with Crippen LogP contribution in [0.5, 0.6) is 11.5 Å². The maximum absolute atomic E-state index is 11.8. The Morgan fingerprint density at radius 2 is 1.07 bits per heavy atom. The predicted molar refractivity (Wildman–Crippen MR) is 304 cm³/mol. The van der Waals surface area contributed by atoms with Crippen LogP contribution >= 0.6 is 0 Å². The third-order valence-electron chi connectivity index (χ3n) is 10.8. The molecule has 2 amide bonds. The number of carbonyl (C=O) groups is 4. The third-order valence-corrected chi connectivity index (χ3v) is 10.8. The van der Waals surface area contributed by atoms with Gasteiger partial charge >= 0.3 is 24.1 Å². The number of rotatable bonds is 27. The zero-order valence-corrected chi connectivity index (χ0v) is 47.2. The first kappa shape index (κ1) is 61.0. The number of hydrogen-bond donors (Lipinski definition) is 6. The molecule has 0 bridgehead atoms. The Hall–Kier alpha value is -9.23. The lowest BCUT2D eigenvalue weighted by Crippen LogP contribution is -2.33. The van der Waals surface area contributed by atoms with Crippen LogP contribution in [0.4, 0.5) is 50.1 Å². The van der Waals surface area contributed by atoms with Crippen LogP contribution in [-0.2, 0) is 41.6 Å². The molecule has 0 fully saturated rings. The van der Waals surface area contributed by atoms with Crippen molar-refractivity contribution in [2.24, 2.45) is 0 Å². The number of nitrogens with zero attached hydrogens (tertiary/aromatic N) is 10. The van der Waals surface area contributed by atoms with Gasteiger partial charge in [-0.1, -0.05) is 0 Å². The second-order valence-corrected chi connectivity index (χ2v) is 20.0. The van der Waals surface area contributed by atoms with Gasteiger partial charge in [0.25, 0.3) is 0 Å². The molecule has 7 rings (SSSR count). The molecule has 0 radical (unpaired) electrons. The molecule has 2 aromatic carbocycles. The molecule has 26 nitrogen and oxygen atoms in total. The highest BCUT2D eigenvalue weighted by atomic mass is 16.6. The van der Waals surface area contributed by atoms with Crippen molar-refractivity contribution in [2.45, 2.75) is 118 Å². The minimum Gasteiger partial charge on any atom is -0.494 e. The molecule has 0 spiro atoms. The summed E-state index contributed by atoms with van der Waals surface area (Å²) >= 11 is 0. The van der Waals surface area contributed by atoms with E-state index in [-0.39, 0.29) is 11.9 Å². The summed E-state index contributed by atoms with van der Waals surface area (Å²) in [6.45, 7) is 18.3. The van der Waals surface area contributed by atoms with Gasteiger partial charge in [0.05, 0.1) is 68.3 Å². The Bertz CT molecular complexity index is 3090. The van der Waals surface area contributed by atoms with Crippen molar-refractivity contribution >= 4 is 75.8 Å². The van der Waals surface area contributed by atoms with Crippen LogP contribution in [0.25, 0.3) is 16.9 Å². The number of nitrogens with one attached hydrogen (secondary N) is 5. The van der Waals surface area contributed by atoms with Gasteiger partial charge in [-0.05, 0) is 130 Å². The molecule has 434 valence electrons. The average molecular weight is 1120 g/mol. The fourth-order valence-corrected chi connectivity index (χ4v) is 7.21. The fourth-order valence-electron chi connectivity index (χ4n) is 7.21. The number of fused-ring (bicyclic) bond motifs is 1. The van der Waals surface area contributed by atoms with Gasteiger partial charge in [-0.3, -0.25) is 23.5 Å². The Morgan fingerprint density at radius 3 is 1.58 bits per heavy atom. The highest BCUT2D eigenvalue weighted by molar-refractivity contribution is 5.75. The van der Waals surface area contributed by atoms with Crippen molar-refractivity contribution in [3.63, 3.8) is 0 Å². The van der Waals surface area contributed by atoms with Crippen molar-refractivity contribution in [2.75, 3.05) is 61.2 Å². The number of aryl methyl sites for hydroxylation is 2. The van der Waals surface area contributed by atoms with Gasteiger partial charge in [-0.2, -0.15) is 20.2 Å². The molecule has 0 unspecified atom stereocenters. The molecule has 26 heteroatoms. The van der Waals surface area contributed by atoms with Crippen molar-refractivity contribution in [3.8, 4) is 17.2 Å². The lowest BCUT2D eigenvalue weighted by Gasteiger charge is -2.19. The molecule has 7 N–H and O–H groups in total. The summed E-state index contributed by atoms with van der Waals surface area (Å²) < 4.78 is 37.1. The maximum Gasteiger partial charge on any atom is 0.407 e. The van der Waals surface area contributed by atoms with Crippen molar-refractivity contribution in [3.05, 3.63) is 92.0 Å². The van der Waals surface area contributed by atoms with Crippen molar-refractivity contribution < 1.29 is 47.6 Å². The fraction of sp³-hybridized carbons (Fsp3) is 0.436. The SMILES string of the molecule is CCOC(=O)CCCOc1ccc(-n2cnc3cnc(Nc4cnn(CCCNC(=O)OC(C)(C)C)c4)nc32)cc1.CCOC(=O)CCCOc1ccc(Nc2nc(Nc3cnn(CCCNC(=O)OC(C)(C)C)c3)ncc2N)cc1. The van der Waals surface area contributed by atoms with E-state index in [1.54, 1.807) is 48.1 Å². The van der Waals surface area contributed by atoms with Crippen LogP contribution in [0.3, 0.4) is 0 Å². The van der Waals surface area contributed by atoms with Crippen LogP contribution in [0, 0.1) is 0 Å². The minimum absolute atomic E-state index is 0.215. The van der Waals surface area contributed by atoms with Gasteiger partial charge < -0.3 is 60.7 Å². The molecule has 0 aliphatic carbocycles. The second-order valence-electron chi connectivity index (χ2n) is 20.0. The van der Waals surface area contributed by atoms with Gasteiger partial charge in [0.2, 0.25) is 11.9 Å². The van der Waals surface area contributed by atoms with E-state index in [1.807, 2.05) is 107 Å². The molecule has 5 heterocycles. The van der Waals surface area contributed by atoms with Crippen LogP contribution in [0.15, 0.2) is 92.0 Å². The van der Waals surface area contributed by atoms with Crippen LogP contribution in [0.1, 0.15) is 93.9 Å². The molecule has 7 aromatic rings. The number of imidazole rings is 1. The highest BCUT2D eigenvalue weighted by Gasteiger charge is 2.17. The van der Waals surface area contributed by atoms with Gasteiger partial charge in [-0.25, -0.2) is 24.5 Å². The summed E-state index contributed by atoms with van der Waals surface area (Å²) in [7, 11) is 0. The van der Waals surface area contributed by atoms with E-state index in [9.17, 15) is 19.2 Å². The molecule has 0 aliphatic heterocycles. The van der Waals surface area contributed by atoms with Crippen LogP contribution < -0.4 is 41.8 Å². The summed E-state index contributed by atoms with van der Waals surface area (Å²) in [5, 5.41) is 23.7. The maximum atomic E-state index is 11.8. The third kappa shape index (κ3) is 21.8. The molecular formula is C55H74N16O10. The minimum atomic E-state index is -0.528. The molecule has 0 saturated carbocycles.